The highest BCUT2D eigenvalue weighted by Crippen LogP contribution is 2.31. The number of hydrazine groups is 1. The molecule has 2 aliphatic heterocycles. The minimum absolute atomic E-state index is 0.0366. The minimum atomic E-state index is -1.54. The lowest BCUT2D eigenvalue weighted by Crippen LogP contribution is -2.59. The number of hydrogen-bond donors (Lipinski definition) is 8. The van der Waals surface area contributed by atoms with E-state index in [1.807, 2.05) is 0 Å². The van der Waals surface area contributed by atoms with E-state index in [9.17, 15) is 30.6 Å². The molecule has 2 aliphatic rings. The van der Waals surface area contributed by atoms with E-state index < -0.39 is 63.5 Å². The van der Waals surface area contributed by atoms with Gasteiger partial charge in [-0.25, -0.2) is 0 Å². The van der Waals surface area contributed by atoms with Gasteiger partial charge >= 0.3 is 0 Å². The Balaban J connectivity index is 1.82. The molecule has 0 amide bonds. The molecule has 2 heterocycles. The molecular weight excluding hydrogens is 773 g/mol. The molecule has 60 heavy (non-hydrogen) atoms. The van der Waals surface area contributed by atoms with E-state index in [-0.39, 0.29) is 18.7 Å². The van der Waals surface area contributed by atoms with Crippen LogP contribution < -0.4 is 10.9 Å². The summed E-state index contributed by atoms with van der Waals surface area (Å²) in [5.74, 6) is -0.515. The Hall–Kier alpha value is -0.183. The molecule has 0 aromatic carbocycles. The lowest BCUT2D eigenvalue weighted by atomic mass is 9.86. The average Bonchev–Trinajstić information content (AvgIpc) is 3.71. The monoisotopic (exact) mass is 873 g/mol. The highest BCUT2D eigenvalue weighted by atomic mass is 28.3. The van der Waals surface area contributed by atoms with Crippen LogP contribution >= 0.6 is 0 Å². The number of unbranched alkanes of at least 4 members (excludes halogenated alkanes) is 23. The summed E-state index contributed by atoms with van der Waals surface area (Å²) in [6.45, 7) is 9.00. The number of ether oxygens (including phenoxy) is 2. The first-order valence-electron chi connectivity index (χ1n) is 25.9. The fraction of sp³-hybridized carbons (Fsp3) is 1.00. The quantitative estimate of drug-likeness (QED) is 0.0220. The van der Waals surface area contributed by atoms with Crippen LogP contribution in [0.4, 0.5) is 0 Å². The van der Waals surface area contributed by atoms with Gasteiger partial charge in [-0.1, -0.05) is 219 Å². The Morgan fingerprint density at radius 2 is 1.03 bits per heavy atom. The summed E-state index contributed by atoms with van der Waals surface area (Å²) in [4.78, 5) is 0. The van der Waals surface area contributed by atoms with Gasteiger partial charge in [0.05, 0.1) is 33.5 Å². The van der Waals surface area contributed by atoms with Gasteiger partial charge < -0.3 is 40.1 Å². The molecule has 2 fully saturated rings. The minimum Gasteiger partial charge on any atom is -0.394 e. The maximum Gasteiger partial charge on any atom is 0.186 e. The second-order valence-electron chi connectivity index (χ2n) is 19.7. The largest absolute Gasteiger partial charge is 0.394 e. The van der Waals surface area contributed by atoms with Crippen LogP contribution in [0.15, 0.2) is 0 Å². The standard InChI is InChI=1S/C49H100N2O8Si/c1-5-8-11-14-15-16-17-18-19-20-23-28-33-43(53)45(54)41(39-58-49-48(57)47(56)46(55)44(38-52)59-49)42-37-40(50-51-42)32-27-22-21-26-31-36-60(4,34-29-24-12-9-6-2)35-30-25-13-10-7-3/h40-57H,5-39H2,1-4H3/t40?,41-,42?,43-,44?,45+,46?,47?,48?,49?/m1/s1. The summed E-state index contributed by atoms with van der Waals surface area (Å²) in [5, 5.41) is 63.7. The molecule has 2 saturated heterocycles. The van der Waals surface area contributed by atoms with Crippen LogP contribution in [0.5, 0.6) is 0 Å². The number of aliphatic hydroxyl groups excluding tert-OH is 6. The molecule has 10 nitrogen and oxygen atoms in total. The normalized spacial score (nSPS) is 25.2. The van der Waals surface area contributed by atoms with Crippen LogP contribution in [-0.4, -0.2) is 107 Å². The van der Waals surface area contributed by atoms with Crippen molar-refractivity contribution in [1.82, 2.24) is 10.9 Å². The molecule has 0 radical (unpaired) electrons. The Morgan fingerprint density at radius 1 is 0.583 bits per heavy atom. The molecule has 0 aromatic rings. The third kappa shape index (κ3) is 23.7. The third-order valence-corrected chi connectivity index (χ3v) is 18.8. The zero-order valence-electron chi connectivity index (χ0n) is 39.5. The van der Waals surface area contributed by atoms with E-state index in [0.29, 0.717) is 6.42 Å². The van der Waals surface area contributed by atoms with Crippen molar-refractivity contribution in [1.29, 1.82) is 0 Å². The summed E-state index contributed by atoms with van der Waals surface area (Å²) in [5.41, 5.74) is 6.85. The van der Waals surface area contributed by atoms with Crippen LogP contribution in [0.1, 0.15) is 213 Å². The molecule has 0 saturated carbocycles. The average molecular weight is 873 g/mol. The SMILES string of the molecule is CCCCCCCCCCCCCC[C@@H](O)[C@@H](O)[C@H](COC1OC(CO)C(O)C(O)C1O)C1CC(CCCCCCC[Si](C)(CCCCCCC)CCCCCCC)NN1. The molecule has 358 valence electrons. The smallest absolute Gasteiger partial charge is 0.186 e. The summed E-state index contributed by atoms with van der Waals surface area (Å²) in [7, 11) is -1.17. The zero-order valence-corrected chi connectivity index (χ0v) is 40.5. The molecule has 10 atom stereocenters. The maximum absolute atomic E-state index is 11.6. The Morgan fingerprint density at radius 3 is 1.52 bits per heavy atom. The molecule has 0 aliphatic carbocycles. The van der Waals surface area contributed by atoms with Gasteiger partial charge in [0.25, 0.3) is 0 Å². The van der Waals surface area contributed by atoms with E-state index in [4.69, 9.17) is 9.47 Å². The number of aliphatic hydroxyl groups is 6. The first-order chi connectivity index (χ1) is 29.1. The predicted molar refractivity (Wildman–Crippen MR) is 251 cm³/mol. The summed E-state index contributed by atoms with van der Waals surface area (Å²) >= 11 is 0. The van der Waals surface area contributed by atoms with Crippen molar-refractivity contribution in [2.75, 3.05) is 13.2 Å². The van der Waals surface area contributed by atoms with Gasteiger partial charge in [0.15, 0.2) is 6.29 Å². The van der Waals surface area contributed by atoms with Gasteiger partial charge in [-0.2, -0.15) is 0 Å². The highest BCUT2D eigenvalue weighted by Gasteiger charge is 2.45. The van der Waals surface area contributed by atoms with Crippen molar-refractivity contribution in [3.63, 3.8) is 0 Å². The van der Waals surface area contributed by atoms with E-state index in [2.05, 4.69) is 38.2 Å². The van der Waals surface area contributed by atoms with Crippen LogP contribution in [0.3, 0.4) is 0 Å². The maximum atomic E-state index is 11.6. The summed E-state index contributed by atoms with van der Waals surface area (Å²) < 4.78 is 11.6. The molecule has 0 spiro atoms. The van der Waals surface area contributed by atoms with E-state index in [0.717, 1.165) is 38.5 Å². The lowest BCUT2D eigenvalue weighted by molar-refractivity contribution is -0.305. The van der Waals surface area contributed by atoms with Crippen molar-refractivity contribution in [3.8, 4) is 0 Å². The van der Waals surface area contributed by atoms with Gasteiger partial charge in [0, 0.05) is 18.0 Å². The van der Waals surface area contributed by atoms with Crippen molar-refractivity contribution in [2.24, 2.45) is 5.92 Å². The van der Waals surface area contributed by atoms with Crippen LogP contribution in [0, 0.1) is 5.92 Å². The summed E-state index contributed by atoms with van der Waals surface area (Å²) in [6.07, 6.45) is 28.5. The van der Waals surface area contributed by atoms with Crippen LogP contribution in [-0.2, 0) is 9.47 Å². The second-order valence-corrected chi connectivity index (χ2v) is 24.8. The first kappa shape index (κ1) is 55.9. The van der Waals surface area contributed by atoms with Gasteiger partial charge in [-0.15, -0.1) is 0 Å². The number of hydrogen-bond acceptors (Lipinski definition) is 10. The van der Waals surface area contributed by atoms with Gasteiger partial charge in [0.1, 0.15) is 24.4 Å². The van der Waals surface area contributed by atoms with Crippen molar-refractivity contribution < 1.29 is 40.1 Å². The fourth-order valence-corrected chi connectivity index (χ4v) is 13.9. The number of rotatable bonds is 40. The predicted octanol–water partition coefficient (Wildman–Crippen LogP) is 9.83. The molecule has 11 heteroatoms. The Kier molecular flexibility index (Phi) is 32.8. The molecular formula is C49H100N2O8Si. The molecule has 0 bridgehead atoms. The Bertz CT molecular complexity index is 970. The highest BCUT2D eigenvalue weighted by molar-refractivity contribution is 6.78. The first-order valence-corrected chi connectivity index (χ1v) is 29.0. The summed E-state index contributed by atoms with van der Waals surface area (Å²) in [6, 6.07) is 4.58. The van der Waals surface area contributed by atoms with E-state index in [1.54, 1.807) is 0 Å². The fourth-order valence-electron chi connectivity index (χ4n) is 9.79. The van der Waals surface area contributed by atoms with Gasteiger partial charge in [0.2, 0.25) is 0 Å². The van der Waals surface area contributed by atoms with Crippen LogP contribution in [0.2, 0.25) is 24.7 Å². The molecule has 0 aromatic heterocycles. The lowest BCUT2D eigenvalue weighted by Gasteiger charge is -2.40. The van der Waals surface area contributed by atoms with Gasteiger partial charge in [-0.3, -0.25) is 10.9 Å². The Labute approximate surface area is 370 Å². The van der Waals surface area contributed by atoms with Crippen molar-refractivity contribution >= 4 is 8.07 Å². The second kappa shape index (κ2) is 35.1. The van der Waals surface area contributed by atoms with Crippen molar-refractivity contribution in [3.05, 3.63) is 0 Å². The van der Waals surface area contributed by atoms with Crippen LogP contribution in [0.25, 0.3) is 0 Å². The van der Waals surface area contributed by atoms with E-state index >= 15 is 0 Å². The molecule has 8 N–H and O–H groups in total. The zero-order chi connectivity index (χ0) is 43.9. The van der Waals surface area contributed by atoms with Crippen molar-refractivity contribution in [2.45, 2.75) is 293 Å². The molecule has 7 unspecified atom stereocenters. The van der Waals surface area contributed by atoms with E-state index in [1.165, 1.54) is 166 Å². The molecule has 2 rings (SSSR count). The topological polar surface area (TPSA) is 164 Å². The van der Waals surface area contributed by atoms with Gasteiger partial charge in [-0.05, 0) is 19.3 Å². The number of nitrogens with one attached hydrogen (secondary N) is 2. The third-order valence-electron chi connectivity index (χ3n) is 14.1.